The molecule has 2 rings (SSSR count). The number of benzene rings is 1. The molecule has 1 fully saturated rings. The molecule has 1 aliphatic heterocycles. The molecule has 0 radical (unpaired) electrons. The number of hydrogen-bond donors (Lipinski definition) is 2. The summed E-state index contributed by atoms with van der Waals surface area (Å²) in [5.74, 6) is 0.177. The van der Waals surface area contributed by atoms with Crippen LogP contribution in [0.3, 0.4) is 0 Å². The second kappa shape index (κ2) is 5.99. The number of halogens is 2. The van der Waals surface area contributed by atoms with Crippen molar-refractivity contribution in [3.63, 3.8) is 0 Å². The van der Waals surface area contributed by atoms with Gasteiger partial charge in [-0.3, -0.25) is 0 Å². The van der Waals surface area contributed by atoms with Crippen LogP contribution in [-0.2, 0) is 0 Å². The number of carbonyl (C=O) groups excluding carboxylic acids is 1. The SMILES string of the molecule is Cc1c(Cl)cc(NC(=O)N2CCC(CO)C2)cc1Cl. The minimum Gasteiger partial charge on any atom is -0.396 e. The summed E-state index contributed by atoms with van der Waals surface area (Å²) in [7, 11) is 0. The molecular formula is C13H16Cl2N2O2. The van der Waals surface area contributed by atoms with Crippen LogP contribution in [0, 0.1) is 12.8 Å². The summed E-state index contributed by atoms with van der Waals surface area (Å²) >= 11 is 12.1. The normalized spacial score (nSPS) is 18.7. The molecule has 1 aliphatic rings. The van der Waals surface area contributed by atoms with Gasteiger partial charge in [0.2, 0.25) is 0 Å². The molecule has 1 unspecified atom stereocenters. The fourth-order valence-electron chi connectivity index (χ4n) is 2.09. The van der Waals surface area contributed by atoms with Crippen molar-refractivity contribution < 1.29 is 9.90 Å². The predicted octanol–water partition coefficient (Wildman–Crippen LogP) is 3.15. The molecule has 1 heterocycles. The first-order valence-corrected chi connectivity index (χ1v) is 6.89. The van der Waals surface area contributed by atoms with Gasteiger partial charge in [0.25, 0.3) is 0 Å². The van der Waals surface area contributed by atoms with Crippen LogP contribution in [0.15, 0.2) is 12.1 Å². The van der Waals surface area contributed by atoms with Gasteiger partial charge >= 0.3 is 6.03 Å². The Bertz CT molecular complexity index is 471. The molecule has 4 nitrogen and oxygen atoms in total. The summed E-state index contributed by atoms with van der Waals surface area (Å²) in [5, 5.41) is 12.9. The highest BCUT2D eigenvalue weighted by atomic mass is 35.5. The monoisotopic (exact) mass is 302 g/mol. The maximum atomic E-state index is 12.0. The highest BCUT2D eigenvalue weighted by Crippen LogP contribution is 2.28. The van der Waals surface area contributed by atoms with Crippen LogP contribution < -0.4 is 5.32 Å². The molecule has 1 aromatic rings. The minimum atomic E-state index is -0.188. The second-order valence-electron chi connectivity index (χ2n) is 4.78. The molecule has 0 aliphatic carbocycles. The van der Waals surface area contributed by atoms with Crippen molar-refractivity contribution in [1.82, 2.24) is 4.90 Å². The lowest BCUT2D eigenvalue weighted by Crippen LogP contribution is -2.33. The molecule has 0 saturated carbocycles. The van der Waals surface area contributed by atoms with E-state index in [2.05, 4.69) is 5.32 Å². The third kappa shape index (κ3) is 3.32. The molecule has 2 N–H and O–H groups in total. The van der Waals surface area contributed by atoms with Crippen molar-refractivity contribution in [2.24, 2.45) is 5.92 Å². The Balaban J connectivity index is 2.03. The molecule has 1 atom stereocenters. The number of aliphatic hydroxyl groups is 1. The smallest absolute Gasteiger partial charge is 0.321 e. The third-order valence-corrected chi connectivity index (χ3v) is 4.15. The number of rotatable bonds is 2. The Kier molecular flexibility index (Phi) is 4.55. The van der Waals surface area contributed by atoms with Gasteiger partial charge in [0, 0.05) is 41.3 Å². The number of nitrogens with zero attached hydrogens (tertiary/aromatic N) is 1. The van der Waals surface area contributed by atoms with Crippen LogP contribution in [0.25, 0.3) is 0 Å². The largest absolute Gasteiger partial charge is 0.396 e. The number of carbonyl (C=O) groups is 1. The predicted molar refractivity (Wildman–Crippen MR) is 77.0 cm³/mol. The Morgan fingerprint density at radius 3 is 2.63 bits per heavy atom. The van der Waals surface area contributed by atoms with Crippen molar-refractivity contribution in [3.05, 3.63) is 27.7 Å². The van der Waals surface area contributed by atoms with E-state index in [1.807, 2.05) is 6.92 Å². The fraction of sp³-hybridized carbons (Fsp3) is 0.462. The number of aliphatic hydroxyl groups excluding tert-OH is 1. The Labute approximate surface area is 122 Å². The van der Waals surface area contributed by atoms with Crippen LogP contribution >= 0.6 is 23.2 Å². The van der Waals surface area contributed by atoms with Gasteiger partial charge < -0.3 is 15.3 Å². The average Bonchev–Trinajstić information content (AvgIpc) is 2.84. The van der Waals surface area contributed by atoms with E-state index in [1.165, 1.54) is 0 Å². The highest BCUT2D eigenvalue weighted by Gasteiger charge is 2.25. The third-order valence-electron chi connectivity index (χ3n) is 3.36. The van der Waals surface area contributed by atoms with E-state index in [-0.39, 0.29) is 18.6 Å². The standard InChI is InChI=1S/C13H16Cl2N2O2/c1-8-11(14)4-10(5-12(8)15)16-13(19)17-3-2-9(6-17)7-18/h4-5,9,18H,2-3,6-7H2,1H3,(H,16,19). The van der Waals surface area contributed by atoms with E-state index in [0.717, 1.165) is 12.0 Å². The van der Waals surface area contributed by atoms with Gasteiger partial charge in [-0.05, 0) is 31.0 Å². The van der Waals surface area contributed by atoms with Gasteiger partial charge in [-0.25, -0.2) is 4.79 Å². The van der Waals surface area contributed by atoms with Crippen molar-refractivity contribution >= 4 is 34.9 Å². The lowest BCUT2D eigenvalue weighted by Gasteiger charge is -2.17. The number of nitrogens with one attached hydrogen (secondary N) is 1. The molecule has 19 heavy (non-hydrogen) atoms. The van der Waals surface area contributed by atoms with Crippen LogP contribution in [0.2, 0.25) is 10.0 Å². The molecule has 1 aromatic carbocycles. The summed E-state index contributed by atoms with van der Waals surface area (Å²) in [6, 6.07) is 3.17. The maximum Gasteiger partial charge on any atom is 0.321 e. The molecule has 6 heteroatoms. The lowest BCUT2D eigenvalue weighted by molar-refractivity contribution is 0.209. The van der Waals surface area contributed by atoms with Crippen LogP contribution in [0.5, 0.6) is 0 Å². The summed E-state index contributed by atoms with van der Waals surface area (Å²) in [6.07, 6.45) is 0.833. The fourth-order valence-corrected chi connectivity index (χ4v) is 2.57. The molecule has 0 bridgehead atoms. The average molecular weight is 303 g/mol. The number of anilines is 1. The maximum absolute atomic E-state index is 12.0. The van der Waals surface area contributed by atoms with Crippen LogP contribution in [-0.4, -0.2) is 35.7 Å². The van der Waals surface area contributed by atoms with Crippen molar-refractivity contribution in [2.75, 3.05) is 25.0 Å². The lowest BCUT2D eigenvalue weighted by atomic mass is 10.1. The Morgan fingerprint density at radius 1 is 1.47 bits per heavy atom. The first-order valence-electron chi connectivity index (χ1n) is 6.13. The zero-order chi connectivity index (χ0) is 14.0. The van der Waals surface area contributed by atoms with Gasteiger partial charge in [-0.1, -0.05) is 23.2 Å². The topological polar surface area (TPSA) is 52.6 Å². The Morgan fingerprint density at radius 2 is 2.11 bits per heavy atom. The highest BCUT2D eigenvalue weighted by molar-refractivity contribution is 6.36. The quantitative estimate of drug-likeness (QED) is 0.882. The van der Waals surface area contributed by atoms with E-state index >= 15 is 0 Å². The molecule has 2 amide bonds. The molecule has 104 valence electrons. The van der Waals surface area contributed by atoms with Crippen LogP contribution in [0.1, 0.15) is 12.0 Å². The molecular weight excluding hydrogens is 287 g/mol. The van der Waals surface area contributed by atoms with E-state index < -0.39 is 0 Å². The number of likely N-dealkylation sites (tertiary alicyclic amines) is 1. The van der Waals surface area contributed by atoms with Gasteiger partial charge in [0.05, 0.1) is 0 Å². The van der Waals surface area contributed by atoms with Crippen LogP contribution in [0.4, 0.5) is 10.5 Å². The van der Waals surface area contributed by atoms with Gasteiger partial charge in [0.1, 0.15) is 0 Å². The zero-order valence-electron chi connectivity index (χ0n) is 10.6. The number of amides is 2. The summed E-state index contributed by atoms with van der Waals surface area (Å²) < 4.78 is 0. The van der Waals surface area contributed by atoms with Gasteiger partial charge in [0.15, 0.2) is 0 Å². The zero-order valence-corrected chi connectivity index (χ0v) is 12.1. The minimum absolute atomic E-state index is 0.117. The second-order valence-corrected chi connectivity index (χ2v) is 5.59. The molecule has 0 spiro atoms. The van der Waals surface area contributed by atoms with E-state index in [4.69, 9.17) is 28.3 Å². The Hall–Kier alpha value is -0.970. The summed E-state index contributed by atoms with van der Waals surface area (Å²) in [5.41, 5.74) is 1.38. The van der Waals surface area contributed by atoms with E-state index in [9.17, 15) is 4.79 Å². The summed E-state index contributed by atoms with van der Waals surface area (Å²) in [4.78, 5) is 13.7. The first kappa shape index (κ1) is 14.4. The van der Waals surface area contributed by atoms with E-state index in [0.29, 0.717) is 28.8 Å². The van der Waals surface area contributed by atoms with Gasteiger partial charge in [-0.15, -0.1) is 0 Å². The van der Waals surface area contributed by atoms with Crippen molar-refractivity contribution in [2.45, 2.75) is 13.3 Å². The van der Waals surface area contributed by atoms with E-state index in [1.54, 1.807) is 17.0 Å². The number of urea groups is 1. The molecule has 0 aromatic heterocycles. The summed E-state index contributed by atoms with van der Waals surface area (Å²) in [6.45, 7) is 3.18. The van der Waals surface area contributed by atoms with Gasteiger partial charge in [-0.2, -0.15) is 0 Å². The van der Waals surface area contributed by atoms with Crippen molar-refractivity contribution in [3.8, 4) is 0 Å². The van der Waals surface area contributed by atoms with Crippen molar-refractivity contribution in [1.29, 1.82) is 0 Å². The number of hydrogen-bond acceptors (Lipinski definition) is 2. The molecule has 1 saturated heterocycles. The first-order chi connectivity index (χ1) is 9.01.